The maximum atomic E-state index is 4.05. The van der Waals surface area contributed by atoms with Gasteiger partial charge in [0.2, 0.25) is 0 Å². The predicted octanol–water partition coefficient (Wildman–Crippen LogP) is 2.09. The fraction of sp³-hybridized carbons (Fsp3) is 0.300. The molecule has 0 fully saturated rings. The second-order valence-electron chi connectivity index (χ2n) is 2.66. The number of anilines is 1. The third kappa shape index (κ3) is 2.38. The molecule has 2 heteroatoms. The van der Waals surface area contributed by atoms with Crippen LogP contribution in [0.5, 0.6) is 0 Å². The van der Waals surface area contributed by atoms with Crippen molar-refractivity contribution in [2.45, 2.75) is 6.92 Å². The molecule has 0 saturated heterocycles. The molecule has 0 saturated carbocycles. The third-order valence-corrected chi connectivity index (χ3v) is 1.70. The van der Waals surface area contributed by atoms with Crippen LogP contribution in [-0.4, -0.2) is 18.6 Å². The van der Waals surface area contributed by atoms with E-state index in [0.29, 0.717) is 0 Å². The molecule has 0 unspecified atom stereocenters. The highest BCUT2D eigenvalue weighted by atomic mass is 15.1. The van der Waals surface area contributed by atoms with Gasteiger partial charge in [0.05, 0.1) is 11.9 Å². The molecule has 0 aromatic carbocycles. The average Bonchev–Trinajstić information content (AvgIpc) is 2.15. The van der Waals surface area contributed by atoms with E-state index in [2.05, 4.69) is 29.1 Å². The van der Waals surface area contributed by atoms with Gasteiger partial charge >= 0.3 is 0 Å². The highest BCUT2D eigenvalue weighted by Crippen LogP contribution is 2.08. The molecule has 1 heterocycles. The van der Waals surface area contributed by atoms with E-state index in [1.807, 2.05) is 25.3 Å². The summed E-state index contributed by atoms with van der Waals surface area (Å²) in [7, 11) is 2.05. The van der Waals surface area contributed by atoms with Gasteiger partial charge in [-0.2, -0.15) is 0 Å². The molecule has 12 heavy (non-hydrogen) atoms. The zero-order valence-electron chi connectivity index (χ0n) is 7.57. The summed E-state index contributed by atoms with van der Waals surface area (Å²) in [5.41, 5.74) is 1.15. The van der Waals surface area contributed by atoms with Crippen molar-refractivity contribution in [3.8, 4) is 0 Å². The summed E-state index contributed by atoms with van der Waals surface area (Å²) in [5.74, 6) is 0. The van der Waals surface area contributed by atoms with Crippen molar-refractivity contribution in [3.63, 3.8) is 0 Å². The summed E-state index contributed by atoms with van der Waals surface area (Å²) in [4.78, 5) is 6.19. The number of aromatic nitrogens is 1. The number of nitrogens with zero attached hydrogens (tertiary/aromatic N) is 2. The summed E-state index contributed by atoms with van der Waals surface area (Å²) < 4.78 is 0. The van der Waals surface area contributed by atoms with E-state index < -0.39 is 0 Å². The zero-order valence-corrected chi connectivity index (χ0v) is 7.57. The maximum Gasteiger partial charge on any atom is 0.0552 e. The SMILES string of the molecule is C/C=C\CN(C)c1cccnc1. The number of likely N-dealkylation sites (N-methyl/N-ethyl adjacent to an activating group) is 1. The molecule has 0 amide bonds. The Balaban J connectivity index is 2.59. The first-order valence-electron chi connectivity index (χ1n) is 4.07. The minimum atomic E-state index is 0.933. The Morgan fingerprint density at radius 2 is 2.42 bits per heavy atom. The van der Waals surface area contributed by atoms with Crippen molar-refractivity contribution in [1.82, 2.24) is 4.98 Å². The van der Waals surface area contributed by atoms with E-state index in [1.165, 1.54) is 0 Å². The number of hydrogen-bond donors (Lipinski definition) is 0. The molecular formula is C10H14N2. The minimum absolute atomic E-state index is 0.933. The summed E-state index contributed by atoms with van der Waals surface area (Å²) in [6, 6.07) is 4.00. The molecule has 1 aromatic heterocycles. The molecular weight excluding hydrogens is 148 g/mol. The Hall–Kier alpha value is -1.31. The minimum Gasteiger partial charge on any atom is -0.370 e. The van der Waals surface area contributed by atoms with Gasteiger partial charge in [-0.25, -0.2) is 0 Å². The zero-order chi connectivity index (χ0) is 8.81. The predicted molar refractivity (Wildman–Crippen MR) is 52.3 cm³/mol. The van der Waals surface area contributed by atoms with E-state index in [4.69, 9.17) is 0 Å². The third-order valence-electron chi connectivity index (χ3n) is 1.70. The fourth-order valence-electron chi connectivity index (χ4n) is 0.948. The molecule has 0 bridgehead atoms. The fourth-order valence-corrected chi connectivity index (χ4v) is 0.948. The molecule has 0 N–H and O–H groups in total. The van der Waals surface area contributed by atoms with Crippen LogP contribution in [0.2, 0.25) is 0 Å². The quantitative estimate of drug-likeness (QED) is 0.633. The first-order valence-corrected chi connectivity index (χ1v) is 4.07. The van der Waals surface area contributed by atoms with Crippen molar-refractivity contribution in [2.24, 2.45) is 0 Å². The summed E-state index contributed by atoms with van der Waals surface area (Å²) in [6.45, 7) is 2.96. The summed E-state index contributed by atoms with van der Waals surface area (Å²) >= 11 is 0. The van der Waals surface area contributed by atoms with Gasteiger partial charge in [-0.1, -0.05) is 12.2 Å². The van der Waals surface area contributed by atoms with Crippen LogP contribution in [0.3, 0.4) is 0 Å². The Morgan fingerprint density at radius 1 is 1.58 bits per heavy atom. The lowest BCUT2D eigenvalue weighted by Gasteiger charge is -2.15. The second kappa shape index (κ2) is 4.54. The number of rotatable bonds is 3. The highest BCUT2D eigenvalue weighted by molar-refractivity contribution is 5.43. The van der Waals surface area contributed by atoms with Gasteiger partial charge in [-0.3, -0.25) is 4.98 Å². The van der Waals surface area contributed by atoms with Crippen molar-refractivity contribution in [2.75, 3.05) is 18.5 Å². The standard InChI is InChI=1S/C10H14N2/c1-3-4-8-12(2)10-6-5-7-11-9-10/h3-7,9H,8H2,1-2H3/b4-3-. The average molecular weight is 162 g/mol. The van der Waals surface area contributed by atoms with Crippen molar-refractivity contribution < 1.29 is 0 Å². The van der Waals surface area contributed by atoms with E-state index in [9.17, 15) is 0 Å². The Bertz CT molecular complexity index is 241. The first-order chi connectivity index (χ1) is 5.84. The number of pyridine rings is 1. The highest BCUT2D eigenvalue weighted by Gasteiger charge is 1.95. The van der Waals surface area contributed by atoms with Gasteiger partial charge in [0, 0.05) is 19.8 Å². The van der Waals surface area contributed by atoms with Crippen LogP contribution < -0.4 is 4.90 Å². The van der Waals surface area contributed by atoms with Crippen LogP contribution in [0.15, 0.2) is 36.7 Å². The lowest BCUT2D eigenvalue weighted by molar-refractivity contribution is 1.02. The van der Waals surface area contributed by atoms with Gasteiger partial charge in [0.25, 0.3) is 0 Å². The normalized spacial score (nSPS) is 10.5. The molecule has 0 aliphatic carbocycles. The van der Waals surface area contributed by atoms with E-state index in [-0.39, 0.29) is 0 Å². The van der Waals surface area contributed by atoms with Gasteiger partial charge < -0.3 is 4.90 Å². The number of allylic oxidation sites excluding steroid dienone is 1. The van der Waals surface area contributed by atoms with Crippen molar-refractivity contribution >= 4 is 5.69 Å². The second-order valence-corrected chi connectivity index (χ2v) is 2.66. The molecule has 1 rings (SSSR count). The van der Waals surface area contributed by atoms with Crippen LogP contribution in [0.4, 0.5) is 5.69 Å². The molecule has 0 spiro atoms. The van der Waals surface area contributed by atoms with Crippen molar-refractivity contribution in [1.29, 1.82) is 0 Å². The van der Waals surface area contributed by atoms with E-state index >= 15 is 0 Å². The monoisotopic (exact) mass is 162 g/mol. The molecule has 0 aliphatic heterocycles. The Labute approximate surface area is 73.5 Å². The van der Waals surface area contributed by atoms with Gasteiger partial charge in [-0.15, -0.1) is 0 Å². The van der Waals surface area contributed by atoms with Crippen molar-refractivity contribution in [3.05, 3.63) is 36.7 Å². The van der Waals surface area contributed by atoms with Crippen LogP contribution in [0.25, 0.3) is 0 Å². The summed E-state index contributed by atoms with van der Waals surface area (Å²) in [5, 5.41) is 0. The number of hydrogen-bond acceptors (Lipinski definition) is 2. The summed E-state index contributed by atoms with van der Waals surface area (Å²) in [6.07, 6.45) is 7.82. The van der Waals surface area contributed by atoms with Crippen LogP contribution in [-0.2, 0) is 0 Å². The Morgan fingerprint density at radius 3 is 3.00 bits per heavy atom. The molecule has 0 atom stereocenters. The molecule has 64 valence electrons. The molecule has 1 aromatic rings. The molecule has 0 aliphatic rings. The topological polar surface area (TPSA) is 16.1 Å². The largest absolute Gasteiger partial charge is 0.370 e. The van der Waals surface area contributed by atoms with E-state index in [0.717, 1.165) is 12.2 Å². The van der Waals surface area contributed by atoms with Gasteiger partial charge in [0.1, 0.15) is 0 Å². The van der Waals surface area contributed by atoms with Crippen LogP contribution >= 0.6 is 0 Å². The lowest BCUT2D eigenvalue weighted by atomic mass is 10.3. The maximum absolute atomic E-state index is 4.05. The van der Waals surface area contributed by atoms with E-state index in [1.54, 1.807) is 6.20 Å². The van der Waals surface area contributed by atoms with Gasteiger partial charge in [0.15, 0.2) is 0 Å². The first kappa shape index (κ1) is 8.78. The Kier molecular flexibility index (Phi) is 3.33. The van der Waals surface area contributed by atoms with Gasteiger partial charge in [-0.05, 0) is 19.1 Å². The lowest BCUT2D eigenvalue weighted by Crippen LogP contribution is -2.16. The molecule has 0 radical (unpaired) electrons. The van der Waals surface area contributed by atoms with Crippen LogP contribution in [0, 0.1) is 0 Å². The van der Waals surface area contributed by atoms with Crippen LogP contribution in [0.1, 0.15) is 6.92 Å². The smallest absolute Gasteiger partial charge is 0.0552 e. The molecule has 2 nitrogen and oxygen atoms in total.